The minimum atomic E-state index is -0.332. The van der Waals surface area contributed by atoms with Crippen LogP contribution in [0.2, 0.25) is 5.02 Å². The Morgan fingerprint density at radius 3 is 3.00 bits per heavy atom. The highest BCUT2D eigenvalue weighted by Gasteiger charge is 2.17. The fourth-order valence-corrected chi connectivity index (χ4v) is 2.81. The maximum atomic E-state index is 12.7. The molecule has 4 aromatic rings. The number of carbonyl (C=O) groups excluding carboxylic acids is 1. The second-order valence-electron chi connectivity index (χ2n) is 5.39. The number of carbonyl (C=O) groups is 1. The van der Waals surface area contributed by atoms with Crippen molar-refractivity contribution in [3.05, 3.63) is 59.6 Å². The molecule has 1 amide bonds. The third-order valence-electron chi connectivity index (χ3n) is 3.82. The standard InChI is InChI=1S/C17H12ClN5O2/c18-9-1-2-15(24)11(5-9)16-14(8-21-23-16)22-17(25)12-6-19-7-13-10(12)3-4-20-13/h1-8,20,24H,(H,21,23)(H,22,25). The molecule has 3 aromatic heterocycles. The maximum absolute atomic E-state index is 12.7. The largest absolute Gasteiger partial charge is 0.507 e. The number of pyridine rings is 1. The van der Waals surface area contributed by atoms with Crippen molar-refractivity contribution in [1.29, 1.82) is 0 Å². The molecule has 0 saturated carbocycles. The number of hydrogen-bond donors (Lipinski definition) is 4. The van der Waals surface area contributed by atoms with Crippen LogP contribution in [-0.4, -0.2) is 31.2 Å². The molecule has 8 heteroatoms. The van der Waals surface area contributed by atoms with E-state index >= 15 is 0 Å². The van der Waals surface area contributed by atoms with E-state index in [4.69, 9.17) is 11.6 Å². The first-order valence-electron chi connectivity index (χ1n) is 7.38. The zero-order valence-electron chi connectivity index (χ0n) is 12.7. The summed E-state index contributed by atoms with van der Waals surface area (Å²) in [5.41, 5.74) is 2.44. The normalized spacial score (nSPS) is 10.9. The van der Waals surface area contributed by atoms with Gasteiger partial charge in [0.1, 0.15) is 11.4 Å². The summed E-state index contributed by atoms with van der Waals surface area (Å²) >= 11 is 5.99. The van der Waals surface area contributed by atoms with Gasteiger partial charge >= 0.3 is 0 Å². The molecular weight excluding hydrogens is 342 g/mol. The van der Waals surface area contributed by atoms with Crippen LogP contribution in [0.25, 0.3) is 22.2 Å². The van der Waals surface area contributed by atoms with Gasteiger partial charge in [0.15, 0.2) is 0 Å². The van der Waals surface area contributed by atoms with Crippen molar-refractivity contribution in [3.8, 4) is 17.0 Å². The van der Waals surface area contributed by atoms with Gasteiger partial charge in [-0.2, -0.15) is 5.10 Å². The molecule has 0 spiro atoms. The van der Waals surface area contributed by atoms with Gasteiger partial charge in [-0.25, -0.2) is 0 Å². The third-order valence-corrected chi connectivity index (χ3v) is 4.06. The van der Waals surface area contributed by atoms with Crippen LogP contribution in [0.1, 0.15) is 10.4 Å². The summed E-state index contributed by atoms with van der Waals surface area (Å²) in [5, 5.41) is 20.9. The summed E-state index contributed by atoms with van der Waals surface area (Å²) in [6, 6.07) is 6.44. The van der Waals surface area contributed by atoms with Crippen LogP contribution in [0.5, 0.6) is 5.75 Å². The molecule has 0 atom stereocenters. The van der Waals surface area contributed by atoms with Gasteiger partial charge in [0, 0.05) is 34.6 Å². The van der Waals surface area contributed by atoms with E-state index in [-0.39, 0.29) is 11.7 Å². The molecule has 0 fully saturated rings. The van der Waals surface area contributed by atoms with Gasteiger partial charge in [-0.05, 0) is 24.3 Å². The summed E-state index contributed by atoms with van der Waals surface area (Å²) in [6.45, 7) is 0. The van der Waals surface area contributed by atoms with E-state index in [0.29, 0.717) is 27.5 Å². The maximum Gasteiger partial charge on any atom is 0.258 e. The van der Waals surface area contributed by atoms with Gasteiger partial charge in [-0.1, -0.05) is 11.6 Å². The number of aromatic amines is 2. The first kappa shape index (κ1) is 15.2. The molecule has 4 rings (SSSR count). The number of aromatic nitrogens is 4. The van der Waals surface area contributed by atoms with E-state index in [1.165, 1.54) is 18.5 Å². The quantitative estimate of drug-likeness (QED) is 0.451. The highest BCUT2D eigenvalue weighted by Crippen LogP contribution is 2.34. The fourth-order valence-electron chi connectivity index (χ4n) is 2.64. The highest BCUT2D eigenvalue weighted by molar-refractivity contribution is 6.31. The monoisotopic (exact) mass is 353 g/mol. The number of phenolic OH excluding ortho intramolecular Hbond substituents is 1. The number of halogens is 1. The van der Waals surface area contributed by atoms with Crippen molar-refractivity contribution in [3.63, 3.8) is 0 Å². The zero-order chi connectivity index (χ0) is 17.4. The van der Waals surface area contributed by atoms with Crippen molar-refractivity contribution in [2.75, 3.05) is 5.32 Å². The Bertz CT molecular complexity index is 1090. The highest BCUT2D eigenvalue weighted by atomic mass is 35.5. The Kier molecular flexibility index (Phi) is 3.62. The summed E-state index contributed by atoms with van der Waals surface area (Å²) in [6.07, 6.45) is 6.44. The topological polar surface area (TPSA) is 107 Å². The number of amides is 1. The molecule has 7 nitrogen and oxygen atoms in total. The van der Waals surface area contributed by atoms with Crippen molar-refractivity contribution in [1.82, 2.24) is 20.2 Å². The van der Waals surface area contributed by atoms with Crippen molar-refractivity contribution in [2.24, 2.45) is 0 Å². The smallest absolute Gasteiger partial charge is 0.258 e. The molecule has 0 aliphatic heterocycles. The average molecular weight is 354 g/mol. The zero-order valence-corrected chi connectivity index (χ0v) is 13.5. The molecule has 0 radical (unpaired) electrons. The van der Waals surface area contributed by atoms with E-state index < -0.39 is 0 Å². The molecule has 0 bridgehead atoms. The van der Waals surface area contributed by atoms with Crippen LogP contribution in [0, 0.1) is 0 Å². The molecule has 4 N–H and O–H groups in total. The Labute approximate surface area is 146 Å². The number of nitrogens with one attached hydrogen (secondary N) is 3. The molecule has 25 heavy (non-hydrogen) atoms. The van der Waals surface area contributed by atoms with Crippen molar-refractivity contribution >= 4 is 34.1 Å². The number of hydrogen-bond acceptors (Lipinski definition) is 4. The minimum absolute atomic E-state index is 0.0152. The Hall–Kier alpha value is -3.32. The number of fused-ring (bicyclic) bond motifs is 1. The van der Waals surface area contributed by atoms with Crippen LogP contribution < -0.4 is 5.32 Å². The van der Waals surface area contributed by atoms with Crippen LogP contribution in [0.4, 0.5) is 5.69 Å². The summed E-state index contributed by atoms with van der Waals surface area (Å²) < 4.78 is 0. The van der Waals surface area contributed by atoms with Crippen molar-refractivity contribution < 1.29 is 9.90 Å². The number of aromatic hydroxyl groups is 1. The Morgan fingerprint density at radius 1 is 1.24 bits per heavy atom. The molecule has 0 aliphatic rings. The number of benzene rings is 1. The number of phenols is 1. The summed E-state index contributed by atoms with van der Waals surface area (Å²) in [7, 11) is 0. The van der Waals surface area contributed by atoms with Crippen molar-refractivity contribution in [2.45, 2.75) is 0 Å². The summed E-state index contributed by atoms with van der Waals surface area (Å²) in [5.74, 6) is -0.316. The van der Waals surface area contributed by atoms with Crippen LogP contribution in [-0.2, 0) is 0 Å². The van der Waals surface area contributed by atoms with E-state index in [9.17, 15) is 9.90 Å². The fraction of sp³-hybridized carbons (Fsp3) is 0. The van der Waals surface area contributed by atoms with E-state index in [1.807, 2.05) is 6.07 Å². The predicted octanol–water partition coefficient (Wildman–Crippen LogP) is 3.56. The van der Waals surface area contributed by atoms with E-state index in [2.05, 4.69) is 25.5 Å². The number of anilines is 1. The van der Waals surface area contributed by atoms with Crippen LogP contribution in [0.15, 0.2) is 49.1 Å². The van der Waals surface area contributed by atoms with Crippen LogP contribution >= 0.6 is 11.6 Å². The molecule has 1 aromatic carbocycles. The molecular formula is C17H12ClN5O2. The number of nitrogens with zero attached hydrogens (tertiary/aromatic N) is 2. The molecule has 0 saturated heterocycles. The SMILES string of the molecule is O=C(Nc1c[nH]nc1-c1cc(Cl)ccc1O)c1cncc2[nH]ccc12. The second kappa shape index (κ2) is 5.95. The van der Waals surface area contributed by atoms with Gasteiger partial charge in [0.2, 0.25) is 0 Å². The second-order valence-corrected chi connectivity index (χ2v) is 5.83. The van der Waals surface area contributed by atoms with Gasteiger partial charge in [0.25, 0.3) is 5.91 Å². The number of H-pyrrole nitrogens is 2. The number of rotatable bonds is 3. The van der Waals surface area contributed by atoms with E-state index in [0.717, 1.165) is 10.9 Å². The molecule has 0 aliphatic carbocycles. The Balaban J connectivity index is 1.71. The molecule has 0 unspecified atom stereocenters. The van der Waals surface area contributed by atoms with Gasteiger partial charge in [0.05, 0.1) is 23.0 Å². The first-order chi connectivity index (χ1) is 12.1. The van der Waals surface area contributed by atoms with Gasteiger partial charge < -0.3 is 15.4 Å². The Morgan fingerprint density at radius 2 is 2.12 bits per heavy atom. The molecule has 3 heterocycles. The third kappa shape index (κ3) is 2.70. The minimum Gasteiger partial charge on any atom is -0.507 e. The summed E-state index contributed by atoms with van der Waals surface area (Å²) in [4.78, 5) is 19.7. The predicted molar refractivity (Wildman–Crippen MR) is 94.7 cm³/mol. The van der Waals surface area contributed by atoms with Gasteiger partial charge in [-0.3, -0.25) is 14.9 Å². The lowest BCUT2D eigenvalue weighted by atomic mass is 10.1. The lowest BCUT2D eigenvalue weighted by Gasteiger charge is -2.08. The lowest BCUT2D eigenvalue weighted by Crippen LogP contribution is -2.12. The van der Waals surface area contributed by atoms with E-state index in [1.54, 1.807) is 24.5 Å². The van der Waals surface area contributed by atoms with Crippen LogP contribution in [0.3, 0.4) is 0 Å². The van der Waals surface area contributed by atoms with Gasteiger partial charge in [-0.15, -0.1) is 0 Å². The first-order valence-corrected chi connectivity index (χ1v) is 7.76. The lowest BCUT2D eigenvalue weighted by molar-refractivity contribution is 0.102. The molecule has 124 valence electrons. The average Bonchev–Trinajstić information content (AvgIpc) is 3.25.